The van der Waals surface area contributed by atoms with E-state index in [1.165, 1.54) is 25.7 Å². The molecule has 0 aliphatic carbocycles. The van der Waals surface area contributed by atoms with Crippen LogP contribution < -0.4 is 10.1 Å². The van der Waals surface area contributed by atoms with Gasteiger partial charge in [-0.3, -0.25) is 14.8 Å². The summed E-state index contributed by atoms with van der Waals surface area (Å²) in [5.41, 5.74) is 0.829. The van der Waals surface area contributed by atoms with E-state index in [1.54, 1.807) is 18.3 Å². The minimum atomic E-state index is -0.329. The van der Waals surface area contributed by atoms with E-state index in [9.17, 15) is 4.79 Å². The van der Waals surface area contributed by atoms with Crippen LogP contribution in [0.2, 0.25) is 5.02 Å². The molecule has 0 aliphatic heterocycles. The molecule has 0 aliphatic rings. The fourth-order valence-electron chi connectivity index (χ4n) is 1.39. The fourth-order valence-corrected chi connectivity index (χ4v) is 1.54. The van der Waals surface area contributed by atoms with E-state index in [-0.39, 0.29) is 5.91 Å². The molecular formula is C12H10ClN3O2. The maximum atomic E-state index is 12.0. The predicted octanol–water partition coefficient (Wildman–Crippen LogP) is 2.39. The largest absolute Gasteiger partial charge is 0.494 e. The first kappa shape index (κ1) is 12.3. The van der Waals surface area contributed by atoms with Gasteiger partial charge in [-0.1, -0.05) is 11.6 Å². The van der Waals surface area contributed by atoms with Crippen molar-refractivity contribution in [2.45, 2.75) is 0 Å². The molecule has 6 heteroatoms. The summed E-state index contributed by atoms with van der Waals surface area (Å²) in [6.07, 6.45) is 6.01. The lowest BCUT2D eigenvalue weighted by Crippen LogP contribution is -2.13. The average Bonchev–Trinajstić information content (AvgIpc) is 2.41. The molecule has 0 unspecified atom stereocenters. The topological polar surface area (TPSA) is 64.1 Å². The molecule has 0 fully saturated rings. The number of carbonyl (C=O) groups excluding carboxylic acids is 1. The molecule has 1 amide bonds. The highest BCUT2D eigenvalue weighted by Gasteiger charge is 2.13. The molecule has 0 spiro atoms. The zero-order valence-electron chi connectivity index (χ0n) is 9.55. The van der Waals surface area contributed by atoms with Gasteiger partial charge in [-0.05, 0) is 12.1 Å². The van der Waals surface area contributed by atoms with Crippen LogP contribution >= 0.6 is 11.6 Å². The Morgan fingerprint density at radius 2 is 2.00 bits per heavy atom. The summed E-state index contributed by atoms with van der Waals surface area (Å²) in [5, 5.41) is 3.08. The summed E-state index contributed by atoms with van der Waals surface area (Å²) in [6, 6.07) is 3.17. The second-order valence-corrected chi connectivity index (χ2v) is 3.79. The van der Waals surface area contributed by atoms with Gasteiger partial charge in [0.2, 0.25) is 0 Å². The van der Waals surface area contributed by atoms with Crippen molar-refractivity contribution < 1.29 is 9.53 Å². The number of nitrogens with one attached hydrogen (secondary N) is 1. The number of pyridine rings is 2. The Morgan fingerprint density at radius 1 is 1.28 bits per heavy atom. The van der Waals surface area contributed by atoms with Crippen molar-refractivity contribution in [3.05, 3.63) is 47.5 Å². The molecule has 0 saturated carbocycles. The van der Waals surface area contributed by atoms with Crippen molar-refractivity contribution in [3.63, 3.8) is 0 Å². The molecule has 0 radical (unpaired) electrons. The number of nitrogens with zero attached hydrogens (tertiary/aromatic N) is 2. The third-order valence-electron chi connectivity index (χ3n) is 2.27. The molecule has 0 saturated heterocycles. The Morgan fingerprint density at radius 3 is 2.72 bits per heavy atom. The zero-order valence-corrected chi connectivity index (χ0v) is 10.3. The summed E-state index contributed by atoms with van der Waals surface area (Å²) in [6.45, 7) is 0. The Balaban J connectivity index is 2.25. The minimum Gasteiger partial charge on any atom is -0.494 e. The third-order valence-corrected chi connectivity index (χ3v) is 2.59. The molecule has 2 rings (SSSR count). The van der Waals surface area contributed by atoms with Crippen molar-refractivity contribution in [1.29, 1.82) is 0 Å². The number of rotatable bonds is 3. The SMILES string of the molecule is COc1cnccc1C(=O)Nc1cnccc1Cl. The number of halogens is 1. The summed E-state index contributed by atoms with van der Waals surface area (Å²) in [4.78, 5) is 19.8. The molecule has 5 nitrogen and oxygen atoms in total. The fraction of sp³-hybridized carbons (Fsp3) is 0.0833. The van der Waals surface area contributed by atoms with Gasteiger partial charge >= 0.3 is 0 Å². The number of hydrogen-bond donors (Lipinski definition) is 1. The Labute approximate surface area is 109 Å². The van der Waals surface area contributed by atoms with Crippen LogP contribution in [-0.4, -0.2) is 23.0 Å². The summed E-state index contributed by atoms with van der Waals surface area (Å²) < 4.78 is 5.06. The number of aromatic nitrogens is 2. The molecule has 18 heavy (non-hydrogen) atoms. The van der Waals surface area contributed by atoms with E-state index in [0.717, 1.165) is 0 Å². The van der Waals surface area contributed by atoms with E-state index in [2.05, 4.69) is 15.3 Å². The van der Waals surface area contributed by atoms with E-state index in [1.807, 2.05) is 0 Å². The number of methoxy groups -OCH3 is 1. The van der Waals surface area contributed by atoms with Gasteiger partial charge < -0.3 is 10.1 Å². The Hall–Kier alpha value is -2.14. The lowest BCUT2D eigenvalue weighted by atomic mass is 10.2. The highest BCUT2D eigenvalue weighted by Crippen LogP contribution is 2.22. The standard InChI is InChI=1S/C12H10ClN3O2/c1-18-11-7-15-4-2-8(11)12(17)16-10-6-14-5-3-9(10)13/h2-7H,1H3,(H,16,17). The monoisotopic (exact) mass is 263 g/mol. The smallest absolute Gasteiger partial charge is 0.259 e. The van der Waals surface area contributed by atoms with Gasteiger partial charge in [-0.15, -0.1) is 0 Å². The van der Waals surface area contributed by atoms with Crippen LogP contribution in [0.15, 0.2) is 36.9 Å². The van der Waals surface area contributed by atoms with Crippen LogP contribution in [0.3, 0.4) is 0 Å². The first-order chi connectivity index (χ1) is 8.72. The van der Waals surface area contributed by atoms with Crippen molar-refractivity contribution in [3.8, 4) is 5.75 Å². The summed E-state index contributed by atoms with van der Waals surface area (Å²) >= 11 is 5.93. The zero-order chi connectivity index (χ0) is 13.0. The molecule has 0 atom stereocenters. The van der Waals surface area contributed by atoms with E-state index < -0.39 is 0 Å². The maximum absolute atomic E-state index is 12.0. The molecule has 1 N–H and O–H groups in total. The number of anilines is 1. The van der Waals surface area contributed by atoms with Crippen molar-refractivity contribution in [1.82, 2.24) is 9.97 Å². The summed E-state index contributed by atoms with van der Waals surface area (Å²) in [5.74, 6) is 0.0687. The molecule has 2 heterocycles. The average molecular weight is 264 g/mol. The molecule has 0 aromatic carbocycles. The van der Waals surface area contributed by atoms with Crippen LogP contribution in [0.25, 0.3) is 0 Å². The van der Waals surface area contributed by atoms with Gasteiger partial charge in [0.05, 0.1) is 35.8 Å². The van der Waals surface area contributed by atoms with Gasteiger partial charge in [0.25, 0.3) is 5.91 Å². The lowest BCUT2D eigenvalue weighted by Gasteiger charge is -2.09. The van der Waals surface area contributed by atoms with Crippen molar-refractivity contribution in [2.75, 3.05) is 12.4 Å². The second-order valence-electron chi connectivity index (χ2n) is 3.39. The van der Waals surface area contributed by atoms with Gasteiger partial charge in [-0.25, -0.2) is 0 Å². The first-order valence-electron chi connectivity index (χ1n) is 5.11. The Bertz CT molecular complexity index is 575. The maximum Gasteiger partial charge on any atom is 0.259 e. The van der Waals surface area contributed by atoms with E-state index in [0.29, 0.717) is 22.0 Å². The van der Waals surface area contributed by atoms with Crippen LogP contribution in [0.1, 0.15) is 10.4 Å². The van der Waals surface area contributed by atoms with Gasteiger partial charge in [0.1, 0.15) is 5.75 Å². The highest BCUT2D eigenvalue weighted by molar-refractivity contribution is 6.33. The van der Waals surface area contributed by atoms with E-state index >= 15 is 0 Å². The van der Waals surface area contributed by atoms with Crippen LogP contribution in [0, 0.1) is 0 Å². The Kier molecular flexibility index (Phi) is 3.74. The van der Waals surface area contributed by atoms with Crippen LogP contribution in [-0.2, 0) is 0 Å². The number of amides is 1. The second kappa shape index (κ2) is 5.46. The van der Waals surface area contributed by atoms with Gasteiger partial charge in [0.15, 0.2) is 0 Å². The normalized spacial score (nSPS) is 9.89. The predicted molar refractivity (Wildman–Crippen MR) is 68.0 cm³/mol. The lowest BCUT2D eigenvalue weighted by molar-refractivity contribution is 0.102. The van der Waals surface area contributed by atoms with E-state index in [4.69, 9.17) is 16.3 Å². The molecular weight excluding hydrogens is 254 g/mol. The summed E-state index contributed by atoms with van der Waals surface area (Å²) in [7, 11) is 1.48. The highest BCUT2D eigenvalue weighted by atomic mass is 35.5. The van der Waals surface area contributed by atoms with Crippen LogP contribution in [0.4, 0.5) is 5.69 Å². The van der Waals surface area contributed by atoms with Gasteiger partial charge in [-0.2, -0.15) is 0 Å². The number of hydrogen-bond acceptors (Lipinski definition) is 4. The molecule has 92 valence electrons. The van der Waals surface area contributed by atoms with Gasteiger partial charge in [0, 0.05) is 12.4 Å². The molecule has 2 aromatic heterocycles. The molecule has 0 bridgehead atoms. The number of ether oxygens (including phenoxy) is 1. The minimum absolute atomic E-state index is 0.329. The van der Waals surface area contributed by atoms with Crippen LogP contribution in [0.5, 0.6) is 5.75 Å². The number of carbonyl (C=O) groups is 1. The van der Waals surface area contributed by atoms with Crippen molar-refractivity contribution >= 4 is 23.2 Å². The first-order valence-corrected chi connectivity index (χ1v) is 5.49. The quantitative estimate of drug-likeness (QED) is 0.923. The van der Waals surface area contributed by atoms with Crippen molar-refractivity contribution in [2.24, 2.45) is 0 Å². The third kappa shape index (κ3) is 2.57. The molecule has 2 aromatic rings.